The molecule has 0 amide bonds. The van der Waals surface area contributed by atoms with Crippen molar-refractivity contribution >= 4 is 11.6 Å². The van der Waals surface area contributed by atoms with Crippen LogP contribution in [0.15, 0.2) is 0 Å². The summed E-state index contributed by atoms with van der Waals surface area (Å²) in [5.74, 6) is -2.41. The van der Waals surface area contributed by atoms with Crippen LogP contribution in [0.25, 0.3) is 0 Å². The van der Waals surface area contributed by atoms with E-state index in [0.717, 1.165) is 0 Å². The van der Waals surface area contributed by atoms with Crippen molar-refractivity contribution in [2.45, 2.75) is 72.4 Å². The summed E-state index contributed by atoms with van der Waals surface area (Å²) >= 11 is 0. The number of carbonyl (C=O) groups excluding carboxylic acids is 2. The highest BCUT2D eigenvalue weighted by Crippen LogP contribution is 2.23. The predicted molar refractivity (Wildman–Crippen MR) is 65.8 cm³/mol. The Labute approximate surface area is 104 Å². The van der Waals surface area contributed by atoms with Crippen molar-refractivity contribution in [3.8, 4) is 0 Å². The number of ketones is 2. The Bertz CT molecular complexity index is 259. The Morgan fingerprint density at radius 3 is 1.71 bits per heavy atom. The number of rotatable bonds is 8. The molecule has 0 unspecified atom stereocenters. The van der Waals surface area contributed by atoms with E-state index in [-0.39, 0.29) is 24.4 Å². The lowest BCUT2D eigenvalue weighted by atomic mass is 10.0. The Morgan fingerprint density at radius 2 is 1.47 bits per heavy atom. The lowest BCUT2D eigenvalue weighted by molar-refractivity contribution is -0.243. The molecule has 0 aliphatic rings. The molecule has 0 saturated heterocycles. The first-order valence-electron chi connectivity index (χ1n) is 6.16. The Morgan fingerprint density at radius 1 is 1.06 bits per heavy atom. The van der Waals surface area contributed by atoms with E-state index in [1.807, 2.05) is 6.92 Å². The zero-order valence-corrected chi connectivity index (χ0v) is 11.7. The van der Waals surface area contributed by atoms with Gasteiger partial charge in [-0.15, -0.1) is 0 Å². The Balaban J connectivity index is 5.23. The largest absolute Gasteiger partial charge is 0.335 e. The smallest absolute Gasteiger partial charge is 0.290 e. The van der Waals surface area contributed by atoms with E-state index in [2.05, 4.69) is 0 Å². The lowest BCUT2D eigenvalue weighted by Crippen LogP contribution is -2.53. The normalized spacial score (nSPS) is 12.2. The van der Waals surface area contributed by atoms with Crippen LogP contribution in [0.5, 0.6) is 0 Å². The van der Waals surface area contributed by atoms with Crippen LogP contribution >= 0.6 is 0 Å². The van der Waals surface area contributed by atoms with E-state index in [0.29, 0.717) is 6.42 Å². The second-order valence-corrected chi connectivity index (χ2v) is 4.68. The molecule has 0 N–H and O–H groups in total. The topological polar surface area (TPSA) is 52.6 Å². The molecule has 4 heteroatoms. The van der Waals surface area contributed by atoms with Crippen LogP contribution in [0.3, 0.4) is 0 Å². The highest BCUT2D eigenvalue weighted by molar-refractivity contribution is 6.07. The first-order valence-corrected chi connectivity index (χ1v) is 6.16. The molecule has 0 fully saturated rings. The molecule has 0 bridgehead atoms. The summed E-state index contributed by atoms with van der Waals surface area (Å²) in [5.41, 5.74) is 0. The summed E-state index contributed by atoms with van der Waals surface area (Å²) in [5, 5.41) is 0. The van der Waals surface area contributed by atoms with Gasteiger partial charge in [-0.3, -0.25) is 9.59 Å². The zero-order valence-electron chi connectivity index (χ0n) is 11.7. The van der Waals surface area contributed by atoms with Crippen LogP contribution in [0.1, 0.15) is 54.4 Å². The van der Waals surface area contributed by atoms with Crippen LogP contribution in [0.4, 0.5) is 0 Å². The molecule has 0 rings (SSSR count). The average Bonchev–Trinajstić information content (AvgIpc) is 2.14. The maximum atomic E-state index is 12.1. The molecule has 0 atom stereocenters. The fourth-order valence-corrected chi connectivity index (χ4v) is 1.58. The van der Waals surface area contributed by atoms with Crippen LogP contribution in [-0.4, -0.2) is 29.6 Å². The number of Topliss-reactive ketones (excluding diaryl/α,β-unsaturated/α-hetero) is 2. The summed E-state index contributed by atoms with van der Waals surface area (Å²) in [7, 11) is 0. The molecule has 0 aromatic heterocycles. The molecular formula is C13H24O4. The highest BCUT2D eigenvalue weighted by atomic mass is 16.7. The summed E-state index contributed by atoms with van der Waals surface area (Å²) in [6.45, 7) is 10.3. The summed E-state index contributed by atoms with van der Waals surface area (Å²) in [4.78, 5) is 23.9. The molecule has 4 nitrogen and oxygen atoms in total. The molecule has 0 spiro atoms. The second-order valence-electron chi connectivity index (χ2n) is 4.68. The van der Waals surface area contributed by atoms with Gasteiger partial charge in [0.15, 0.2) is 11.6 Å². The average molecular weight is 244 g/mol. The van der Waals surface area contributed by atoms with E-state index >= 15 is 0 Å². The zero-order chi connectivity index (χ0) is 13.6. The monoisotopic (exact) mass is 244 g/mol. The van der Waals surface area contributed by atoms with Gasteiger partial charge in [0.05, 0.1) is 12.2 Å². The standard InChI is InChI=1S/C13H24O4/c1-7-8-12(15)13(11(6)14,16-9(2)3)17-10(4)5/h9-10H,7-8H2,1-6H3. The van der Waals surface area contributed by atoms with E-state index in [4.69, 9.17) is 9.47 Å². The predicted octanol–water partition coefficient (Wildman–Crippen LogP) is 2.49. The molecule has 100 valence electrons. The number of hydrogen-bond acceptors (Lipinski definition) is 4. The number of ether oxygens (including phenoxy) is 2. The molecular weight excluding hydrogens is 220 g/mol. The third-order valence-electron chi connectivity index (χ3n) is 2.11. The van der Waals surface area contributed by atoms with E-state index in [1.54, 1.807) is 27.7 Å². The molecule has 0 heterocycles. The SMILES string of the molecule is CCCC(=O)C(OC(C)C)(OC(C)C)C(C)=O. The third-order valence-corrected chi connectivity index (χ3v) is 2.11. The van der Waals surface area contributed by atoms with E-state index < -0.39 is 11.6 Å². The second kappa shape index (κ2) is 6.87. The maximum Gasteiger partial charge on any atom is 0.290 e. The molecule has 0 saturated carbocycles. The van der Waals surface area contributed by atoms with Crippen LogP contribution in [0, 0.1) is 0 Å². The van der Waals surface area contributed by atoms with Crippen molar-refractivity contribution in [3.63, 3.8) is 0 Å². The quantitative estimate of drug-likeness (QED) is 0.486. The molecule has 0 aliphatic carbocycles. The summed E-state index contributed by atoms with van der Waals surface area (Å²) in [6, 6.07) is 0. The van der Waals surface area contributed by atoms with Crippen molar-refractivity contribution in [2.24, 2.45) is 0 Å². The van der Waals surface area contributed by atoms with Crippen molar-refractivity contribution in [1.29, 1.82) is 0 Å². The first kappa shape index (κ1) is 16.3. The maximum absolute atomic E-state index is 12.1. The van der Waals surface area contributed by atoms with Crippen LogP contribution in [-0.2, 0) is 19.1 Å². The highest BCUT2D eigenvalue weighted by Gasteiger charge is 2.46. The van der Waals surface area contributed by atoms with Crippen molar-refractivity contribution in [3.05, 3.63) is 0 Å². The Hall–Kier alpha value is -0.740. The minimum atomic E-state index is -1.72. The van der Waals surface area contributed by atoms with Crippen LogP contribution < -0.4 is 0 Å². The summed E-state index contributed by atoms with van der Waals surface area (Å²) in [6.07, 6.45) is 0.437. The fraction of sp³-hybridized carbons (Fsp3) is 0.846. The lowest BCUT2D eigenvalue weighted by Gasteiger charge is -2.33. The molecule has 17 heavy (non-hydrogen) atoms. The van der Waals surface area contributed by atoms with Gasteiger partial charge in [-0.25, -0.2) is 0 Å². The van der Waals surface area contributed by atoms with Gasteiger partial charge < -0.3 is 9.47 Å². The number of hydrogen-bond donors (Lipinski definition) is 0. The van der Waals surface area contributed by atoms with Crippen molar-refractivity contribution in [1.82, 2.24) is 0 Å². The van der Waals surface area contributed by atoms with E-state index in [1.165, 1.54) is 6.92 Å². The third kappa shape index (κ3) is 4.56. The van der Waals surface area contributed by atoms with Gasteiger partial charge in [-0.05, 0) is 34.1 Å². The molecule has 0 aliphatic heterocycles. The Kier molecular flexibility index (Phi) is 6.57. The van der Waals surface area contributed by atoms with Gasteiger partial charge in [0.1, 0.15) is 0 Å². The number of carbonyl (C=O) groups is 2. The van der Waals surface area contributed by atoms with Gasteiger partial charge in [0.25, 0.3) is 5.79 Å². The van der Waals surface area contributed by atoms with Crippen molar-refractivity contribution in [2.75, 3.05) is 0 Å². The van der Waals surface area contributed by atoms with Gasteiger partial charge in [-0.1, -0.05) is 6.92 Å². The van der Waals surface area contributed by atoms with Gasteiger partial charge in [-0.2, -0.15) is 0 Å². The fourth-order valence-electron chi connectivity index (χ4n) is 1.58. The van der Waals surface area contributed by atoms with Gasteiger partial charge in [0.2, 0.25) is 0 Å². The first-order chi connectivity index (χ1) is 7.76. The molecule has 0 radical (unpaired) electrons. The minimum absolute atomic E-state index is 0.251. The van der Waals surface area contributed by atoms with E-state index in [9.17, 15) is 9.59 Å². The summed E-state index contributed by atoms with van der Waals surface area (Å²) < 4.78 is 11.0. The minimum Gasteiger partial charge on any atom is -0.335 e. The van der Waals surface area contributed by atoms with Gasteiger partial charge >= 0.3 is 0 Å². The molecule has 0 aromatic carbocycles. The molecule has 0 aromatic rings. The van der Waals surface area contributed by atoms with Crippen LogP contribution in [0.2, 0.25) is 0 Å². The van der Waals surface area contributed by atoms with Crippen molar-refractivity contribution < 1.29 is 19.1 Å². The van der Waals surface area contributed by atoms with Gasteiger partial charge in [0, 0.05) is 13.3 Å².